The molecule has 6 heteroatoms. The Balaban J connectivity index is 2.86. The number of benzene rings is 1. The summed E-state index contributed by atoms with van der Waals surface area (Å²) < 4.78 is 20.8. The number of ether oxygens (including phenoxy) is 4. The molecule has 0 saturated heterocycles. The number of esters is 1. The number of rotatable bonds is 8. The number of carbonyl (C=O) groups excluding carboxylic acids is 1. The van der Waals surface area contributed by atoms with Crippen LogP contribution in [0.5, 0.6) is 17.2 Å². The molecule has 20 heavy (non-hydrogen) atoms. The Kier molecular flexibility index (Phi) is 7.08. The molecule has 0 amide bonds. The lowest BCUT2D eigenvalue weighted by molar-refractivity contribution is 0.0505. The van der Waals surface area contributed by atoms with E-state index in [2.05, 4.69) is 0 Å². The fourth-order valence-corrected chi connectivity index (χ4v) is 2.06. The van der Waals surface area contributed by atoms with E-state index < -0.39 is 5.97 Å². The zero-order valence-corrected chi connectivity index (χ0v) is 13.0. The van der Waals surface area contributed by atoms with E-state index in [0.29, 0.717) is 29.4 Å². The summed E-state index contributed by atoms with van der Waals surface area (Å²) in [5, 5.41) is 0. The van der Waals surface area contributed by atoms with Crippen LogP contribution in [0.25, 0.3) is 0 Å². The van der Waals surface area contributed by atoms with Crippen LogP contribution in [0.1, 0.15) is 16.8 Å². The molecule has 1 aromatic rings. The standard InChI is InChI=1S/C14H20O5S/c1-16-11-8-10(9-12(17-2)13(11)18-3)14(15)19-6-5-7-20-4/h8-9H,5-7H2,1-4H3. The lowest BCUT2D eigenvalue weighted by atomic mass is 10.2. The van der Waals surface area contributed by atoms with E-state index in [1.807, 2.05) is 6.26 Å². The van der Waals surface area contributed by atoms with Gasteiger partial charge in [0.25, 0.3) is 0 Å². The molecule has 0 aliphatic heterocycles. The van der Waals surface area contributed by atoms with Crippen molar-refractivity contribution >= 4 is 17.7 Å². The summed E-state index contributed by atoms with van der Waals surface area (Å²) >= 11 is 1.72. The topological polar surface area (TPSA) is 54.0 Å². The molecule has 1 rings (SSSR count). The minimum absolute atomic E-state index is 0.378. The summed E-state index contributed by atoms with van der Waals surface area (Å²) in [6, 6.07) is 3.16. The van der Waals surface area contributed by atoms with Crippen molar-refractivity contribution in [2.45, 2.75) is 6.42 Å². The van der Waals surface area contributed by atoms with Gasteiger partial charge in [-0.2, -0.15) is 11.8 Å². The third-order valence-electron chi connectivity index (χ3n) is 2.63. The van der Waals surface area contributed by atoms with Gasteiger partial charge in [-0.05, 0) is 30.6 Å². The summed E-state index contributed by atoms with van der Waals surface area (Å²) in [7, 11) is 4.52. The zero-order chi connectivity index (χ0) is 15.0. The monoisotopic (exact) mass is 300 g/mol. The molecule has 0 heterocycles. The lowest BCUT2D eigenvalue weighted by Gasteiger charge is -2.13. The van der Waals surface area contributed by atoms with Crippen LogP contribution in [0.2, 0.25) is 0 Å². The molecule has 0 saturated carbocycles. The van der Waals surface area contributed by atoms with Crippen LogP contribution < -0.4 is 14.2 Å². The zero-order valence-electron chi connectivity index (χ0n) is 12.2. The quantitative estimate of drug-likeness (QED) is 0.543. The first kappa shape index (κ1) is 16.5. The van der Waals surface area contributed by atoms with E-state index in [1.165, 1.54) is 21.3 Å². The molecule has 0 aliphatic carbocycles. The molecule has 0 N–H and O–H groups in total. The average molecular weight is 300 g/mol. The molecule has 0 radical (unpaired) electrons. The maximum absolute atomic E-state index is 12.0. The third-order valence-corrected chi connectivity index (χ3v) is 3.32. The van der Waals surface area contributed by atoms with Crippen LogP contribution in [0, 0.1) is 0 Å². The highest BCUT2D eigenvalue weighted by Gasteiger charge is 2.17. The summed E-state index contributed by atoms with van der Waals surface area (Å²) in [5.41, 5.74) is 0.378. The van der Waals surface area contributed by atoms with Gasteiger partial charge in [0.2, 0.25) is 5.75 Å². The Morgan fingerprint density at radius 2 is 1.70 bits per heavy atom. The predicted octanol–water partition coefficient (Wildman–Crippen LogP) is 2.62. The van der Waals surface area contributed by atoms with Gasteiger partial charge in [0, 0.05) is 0 Å². The summed E-state index contributed by atoms with van der Waals surface area (Å²) in [6.45, 7) is 0.399. The number of thioether (sulfide) groups is 1. The summed E-state index contributed by atoms with van der Waals surface area (Å²) in [4.78, 5) is 12.0. The number of hydrogen-bond acceptors (Lipinski definition) is 6. The van der Waals surface area contributed by atoms with Gasteiger partial charge in [-0.3, -0.25) is 0 Å². The second-order valence-electron chi connectivity index (χ2n) is 3.90. The van der Waals surface area contributed by atoms with E-state index in [-0.39, 0.29) is 0 Å². The van der Waals surface area contributed by atoms with Crippen LogP contribution >= 0.6 is 11.8 Å². The maximum Gasteiger partial charge on any atom is 0.338 e. The van der Waals surface area contributed by atoms with Gasteiger partial charge in [-0.15, -0.1) is 0 Å². The van der Waals surface area contributed by atoms with Crippen molar-refractivity contribution in [2.24, 2.45) is 0 Å². The van der Waals surface area contributed by atoms with Gasteiger partial charge >= 0.3 is 5.97 Å². The maximum atomic E-state index is 12.0. The highest BCUT2D eigenvalue weighted by molar-refractivity contribution is 7.98. The summed E-state index contributed by atoms with van der Waals surface area (Å²) in [6.07, 6.45) is 2.85. The van der Waals surface area contributed by atoms with Crippen molar-refractivity contribution in [3.63, 3.8) is 0 Å². The number of carbonyl (C=O) groups is 1. The Morgan fingerprint density at radius 1 is 1.10 bits per heavy atom. The van der Waals surface area contributed by atoms with Gasteiger partial charge in [0.05, 0.1) is 33.5 Å². The number of methoxy groups -OCH3 is 3. The lowest BCUT2D eigenvalue weighted by Crippen LogP contribution is -2.08. The van der Waals surface area contributed by atoms with Crippen molar-refractivity contribution in [3.05, 3.63) is 17.7 Å². The molecular formula is C14H20O5S. The molecule has 0 spiro atoms. The molecule has 0 bridgehead atoms. The second-order valence-corrected chi connectivity index (χ2v) is 4.88. The Hall–Kier alpha value is -1.56. The van der Waals surface area contributed by atoms with Crippen molar-refractivity contribution in [1.29, 1.82) is 0 Å². The Morgan fingerprint density at radius 3 is 2.15 bits per heavy atom. The fourth-order valence-electron chi connectivity index (χ4n) is 1.65. The molecule has 1 aromatic carbocycles. The highest BCUT2D eigenvalue weighted by atomic mass is 32.2. The predicted molar refractivity (Wildman–Crippen MR) is 79.4 cm³/mol. The molecule has 0 atom stereocenters. The Bertz CT molecular complexity index is 422. The van der Waals surface area contributed by atoms with Crippen LogP contribution in [-0.4, -0.2) is 45.9 Å². The van der Waals surface area contributed by atoms with E-state index in [1.54, 1.807) is 23.9 Å². The van der Waals surface area contributed by atoms with Gasteiger partial charge < -0.3 is 18.9 Å². The molecular weight excluding hydrogens is 280 g/mol. The first-order chi connectivity index (χ1) is 9.67. The van der Waals surface area contributed by atoms with Gasteiger partial charge in [-0.1, -0.05) is 0 Å². The van der Waals surface area contributed by atoms with Gasteiger partial charge in [-0.25, -0.2) is 4.79 Å². The van der Waals surface area contributed by atoms with E-state index in [0.717, 1.165) is 12.2 Å². The molecule has 112 valence electrons. The third kappa shape index (κ3) is 4.23. The van der Waals surface area contributed by atoms with E-state index >= 15 is 0 Å². The van der Waals surface area contributed by atoms with Crippen molar-refractivity contribution in [1.82, 2.24) is 0 Å². The first-order valence-corrected chi connectivity index (χ1v) is 7.53. The molecule has 5 nitrogen and oxygen atoms in total. The van der Waals surface area contributed by atoms with Crippen LogP contribution in [-0.2, 0) is 4.74 Å². The fraction of sp³-hybridized carbons (Fsp3) is 0.500. The molecule has 0 aliphatic rings. The summed E-state index contributed by atoms with van der Waals surface area (Å²) in [5.74, 6) is 1.88. The molecule has 0 aromatic heterocycles. The molecule has 0 fully saturated rings. The molecule has 0 unspecified atom stereocenters. The van der Waals surface area contributed by atoms with Crippen molar-refractivity contribution in [3.8, 4) is 17.2 Å². The van der Waals surface area contributed by atoms with Gasteiger partial charge in [0.1, 0.15) is 0 Å². The second kappa shape index (κ2) is 8.58. The normalized spacial score (nSPS) is 10.0. The Labute approximate surface area is 123 Å². The van der Waals surface area contributed by atoms with Crippen LogP contribution in [0.4, 0.5) is 0 Å². The minimum atomic E-state index is -0.398. The first-order valence-electron chi connectivity index (χ1n) is 6.14. The average Bonchev–Trinajstić information content (AvgIpc) is 2.49. The highest BCUT2D eigenvalue weighted by Crippen LogP contribution is 2.38. The van der Waals surface area contributed by atoms with E-state index in [9.17, 15) is 4.79 Å². The van der Waals surface area contributed by atoms with E-state index in [4.69, 9.17) is 18.9 Å². The van der Waals surface area contributed by atoms with Crippen molar-refractivity contribution < 1.29 is 23.7 Å². The smallest absolute Gasteiger partial charge is 0.338 e. The van der Waals surface area contributed by atoms with Crippen LogP contribution in [0.3, 0.4) is 0 Å². The SMILES string of the molecule is COc1cc(C(=O)OCCCSC)cc(OC)c1OC. The van der Waals surface area contributed by atoms with Gasteiger partial charge in [0.15, 0.2) is 11.5 Å². The largest absolute Gasteiger partial charge is 0.493 e. The van der Waals surface area contributed by atoms with Crippen molar-refractivity contribution in [2.75, 3.05) is 39.9 Å². The minimum Gasteiger partial charge on any atom is -0.493 e. The number of hydrogen-bond donors (Lipinski definition) is 0. The van der Waals surface area contributed by atoms with Crippen LogP contribution in [0.15, 0.2) is 12.1 Å².